The number of ether oxygens (including phenoxy) is 2. The van der Waals surface area contributed by atoms with E-state index in [1.165, 1.54) is 30.9 Å². The number of carbonyl (C=O) groups is 2. The molecule has 160 valence electrons. The van der Waals surface area contributed by atoms with Crippen LogP contribution in [0.25, 0.3) is 22.3 Å². The van der Waals surface area contributed by atoms with E-state index in [9.17, 15) is 9.59 Å². The van der Waals surface area contributed by atoms with Gasteiger partial charge in [-0.25, -0.2) is 9.59 Å². The van der Waals surface area contributed by atoms with Gasteiger partial charge in [0.1, 0.15) is 11.3 Å². The first-order chi connectivity index (χ1) is 14.9. The number of benzene rings is 2. The van der Waals surface area contributed by atoms with Crippen LogP contribution in [-0.2, 0) is 16.0 Å². The van der Waals surface area contributed by atoms with Crippen molar-refractivity contribution in [2.45, 2.75) is 33.2 Å². The summed E-state index contributed by atoms with van der Waals surface area (Å²) in [6.45, 7) is 6.91. The van der Waals surface area contributed by atoms with Crippen molar-refractivity contribution in [2.24, 2.45) is 5.92 Å². The Morgan fingerprint density at radius 2 is 1.61 bits per heavy atom. The molecule has 0 saturated carbocycles. The Labute approximate surface area is 182 Å². The molecular weight excluding hydrogens is 390 g/mol. The predicted molar refractivity (Wildman–Crippen MR) is 120 cm³/mol. The zero-order chi connectivity index (χ0) is 22.3. The molecule has 1 heterocycles. The van der Waals surface area contributed by atoms with Crippen LogP contribution in [0.15, 0.2) is 48.7 Å². The lowest BCUT2D eigenvalue weighted by molar-refractivity contribution is 0.0547. The molecule has 31 heavy (non-hydrogen) atoms. The van der Waals surface area contributed by atoms with Gasteiger partial charge in [0, 0.05) is 24.2 Å². The van der Waals surface area contributed by atoms with Crippen LogP contribution in [0.2, 0.25) is 0 Å². The highest BCUT2D eigenvalue weighted by Crippen LogP contribution is 2.46. The third-order valence-corrected chi connectivity index (χ3v) is 5.96. The van der Waals surface area contributed by atoms with Crippen molar-refractivity contribution < 1.29 is 19.1 Å². The number of esters is 2. The minimum atomic E-state index is -0.549. The number of aromatic nitrogens is 1. The molecule has 0 bridgehead atoms. The summed E-state index contributed by atoms with van der Waals surface area (Å²) in [5.74, 6) is -0.502. The van der Waals surface area contributed by atoms with Gasteiger partial charge < -0.3 is 14.0 Å². The van der Waals surface area contributed by atoms with E-state index in [1.807, 2.05) is 22.9 Å². The molecule has 3 aromatic rings. The van der Waals surface area contributed by atoms with E-state index in [0.29, 0.717) is 18.0 Å². The summed E-state index contributed by atoms with van der Waals surface area (Å²) in [6, 6.07) is 14.6. The number of fused-ring (bicyclic) bond motifs is 3. The topological polar surface area (TPSA) is 57.5 Å². The van der Waals surface area contributed by atoms with Gasteiger partial charge in [-0.05, 0) is 39.8 Å². The SMILES string of the molecule is COC(=O)c1c(-c2ccc3c(c2)-c2ccccc2C3C)cn(CC(C)C)c1C(=O)OC. The summed E-state index contributed by atoms with van der Waals surface area (Å²) >= 11 is 0. The van der Waals surface area contributed by atoms with E-state index < -0.39 is 11.9 Å². The van der Waals surface area contributed by atoms with Gasteiger partial charge in [0.05, 0.1) is 14.2 Å². The van der Waals surface area contributed by atoms with Gasteiger partial charge in [-0.3, -0.25) is 0 Å². The van der Waals surface area contributed by atoms with Gasteiger partial charge in [-0.15, -0.1) is 0 Å². The minimum absolute atomic E-state index is 0.229. The molecule has 5 nitrogen and oxygen atoms in total. The van der Waals surface area contributed by atoms with Crippen molar-refractivity contribution in [3.63, 3.8) is 0 Å². The van der Waals surface area contributed by atoms with Crippen molar-refractivity contribution in [3.8, 4) is 22.3 Å². The highest BCUT2D eigenvalue weighted by molar-refractivity contribution is 6.07. The Kier molecular flexibility index (Phi) is 5.44. The molecule has 1 aliphatic rings. The monoisotopic (exact) mass is 417 g/mol. The van der Waals surface area contributed by atoms with Crippen molar-refractivity contribution in [2.75, 3.05) is 14.2 Å². The van der Waals surface area contributed by atoms with Gasteiger partial charge in [0.2, 0.25) is 0 Å². The number of rotatable bonds is 5. The van der Waals surface area contributed by atoms with Gasteiger partial charge >= 0.3 is 11.9 Å². The van der Waals surface area contributed by atoms with Crippen LogP contribution in [0.1, 0.15) is 58.7 Å². The normalized spacial score (nSPS) is 14.3. The van der Waals surface area contributed by atoms with Gasteiger partial charge in [0.15, 0.2) is 0 Å². The third-order valence-electron chi connectivity index (χ3n) is 5.96. The average Bonchev–Trinajstić information content (AvgIpc) is 3.28. The molecule has 2 aromatic carbocycles. The molecule has 0 N–H and O–H groups in total. The third kappa shape index (κ3) is 3.44. The molecule has 1 aromatic heterocycles. The lowest BCUT2D eigenvalue weighted by atomic mass is 9.95. The zero-order valence-electron chi connectivity index (χ0n) is 18.6. The maximum atomic E-state index is 12.8. The molecule has 0 spiro atoms. The summed E-state index contributed by atoms with van der Waals surface area (Å²) in [4.78, 5) is 25.4. The largest absolute Gasteiger partial charge is 0.465 e. The van der Waals surface area contributed by atoms with Gasteiger partial charge in [-0.1, -0.05) is 57.2 Å². The smallest absolute Gasteiger partial charge is 0.355 e. The highest BCUT2D eigenvalue weighted by atomic mass is 16.5. The van der Waals surface area contributed by atoms with Crippen LogP contribution >= 0.6 is 0 Å². The molecule has 5 heteroatoms. The van der Waals surface area contributed by atoms with E-state index in [2.05, 4.69) is 51.1 Å². The maximum Gasteiger partial charge on any atom is 0.355 e. The Balaban J connectivity index is 1.94. The molecule has 1 atom stereocenters. The first kappa shape index (κ1) is 20.9. The van der Waals surface area contributed by atoms with Gasteiger partial charge in [-0.2, -0.15) is 0 Å². The summed E-state index contributed by atoms with van der Waals surface area (Å²) in [6.07, 6.45) is 1.87. The van der Waals surface area contributed by atoms with Crippen LogP contribution in [0.3, 0.4) is 0 Å². The van der Waals surface area contributed by atoms with E-state index in [4.69, 9.17) is 9.47 Å². The molecule has 0 saturated heterocycles. The zero-order valence-corrected chi connectivity index (χ0v) is 18.6. The lowest BCUT2D eigenvalue weighted by Crippen LogP contribution is -2.17. The van der Waals surface area contributed by atoms with E-state index in [-0.39, 0.29) is 17.2 Å². The van der Waals surface area contributed by atoms with Crippen LogP contribution < -0.4 is 0 Å². The molecule has 1 unspecified atom stereocenters. The molecular formula is C26H27NO4. The predicted octanol–water partition coefficient (Wildman–Crippen LogP) is 5.52. The van der Waals surface area contributed by atoms with Crippen LogP contribution in [0.4, 0.5) is 0 Å². The molecule has 0 radical (unpaired) electrons. The molecule has 0 amide bonds. The molecule has 4 rings (SSSR count). The number of carbonyl (C=O) groups excluding carboxylic acids is 2. The number of hydrogen-bond acceptors (Lipinski definition) is 4. The molecule has 0 fully saturated rings. The quantitative estimate of drug-likeness (QED) is 0.513. The summed E-state index contributed by atoms with van der Waals surface area (Å²) in [5.41, 5.74) is 6.95. The second-order valence-corrected chi connectivity index (χ2v) is 8.41. The Morgan fingerprint density at radius 1 is 0.935 bits per heavy atom. The summed E-state index contributed by atoms with van der Waals surface area (Å²) < 4.78 is 11.9. The fourth-order valence-corrected chi connectivity index (χ4v) is 4.56. The number of methoxy groups -OCH3 is 2. The van der Waals surface area contributed by atoms with Gasteiger partial charge in [0.25, 0.3) is 0 Å². The van der Waals surface area contributed by atoms with Crippen molar-refractivity contribution in [3.05, 3.63) is 71.0 Å². The summed E-state index contributed by atoms with van der Waals surface area (Å²) in [7, 11) is 2.65. The Bertz CT molecular complexity index is 1170. The first-order valence-electron chi connectivity index (χ1n) is 10.5. The summed E-state index contributed by atoms with van der Waals surface area (Å²) in [5, 5.41) is 0. The Morgan fingerprint density at radius 3 is 2.29 bits per heavy atom. The average molecular weight is 418 g/mol. The van der Waals surface area contributed by atoms with E-state index >= 15 is 0 Å². The number of hydrogen-bond donors (Lipinski definition) is 0. The van der Waals surface area contributed by atoms with Crippen molar-refractivity contribution in [1.82, 2.24) is 4.57 Å². The number of nitrogens with zero attached hydrogens (tertiary/aromatic N) is 1. The van der Waals surface area contributed by atoms with Crippen LogP contribution in [0, 0.1) is 5.92 Å². The standard InChI is InChI=1S/C26H27NO4/c1-15(2)13-27-14-22(23(25(28)30-4)24(27)26(29)31-5)17-10-11-19-16(3)18-8-6-7-9-20(18)21(19)12-17/h6-12,14-16H,13H2,1-5H3. The van der Waals surface area contributed by atoms with Crippen LogP contribution in [0.5, 0.6) is 0 Å². The highest BCUT2D eigenvalue weighted by Gasteiger charge is 2.31. The van der Waals surface area contributed by atoms with E-state index in [1.54, 1.807) is 0 Å². The van der Waals surface area contributed by atoms with Crippen molar-refractivity contribution >= 4 is 11.9 Å². The van der Waals surface area contributed by atoms with Crippen LogP contribution in [-0.4, -0.2) is 30.7 Å². The second-order valence-electron chi connectivity index (χ2n) is 8.41. The maximum absolute atomic E-state index is 12.8. The second kappa shape index (κ2) is 8.06. The Hall–Kier alpha value is -3.34. The fraction of sp³-hybridized carbons (Fsp3) is 0.308. The molecule has 0 aliphatic heterocycles. The minimum Gasteiger partial charge on any atom is -0.465 e. The lowest BCUT2D eigenvalue weighted by Gasteiger charge is -2.11. The van der Waals surface area contributed by atoms with E-state index in [0.717, 1.165) is 11.1 Å². The first-order valence-corrected chi connectivity index (χ1v) is 10.5. The molecule has 1 aliphatic carbocycles. The fourth-order valence-electron chi connectivity index (χ4n) is 4.56. The van der Waals surface area contributed by atoms with Crippen molar-refractivity contribution in [1.29, 1.82) is 0 Å².